The Balaban J connectivity index is 1.07. The molecule has 290 valence electrons. The number of esters is 1. The SMILES string of the molecule is C=C(C)[C@@H]1CC[C@]2(CO)CC[C@]3(C)C(CCC4[C@@]5(C)CC[C@H](OC(=O)C[PH](c6ccccc6)(c6ccccc6)c6ccccc6)C(C)(C)C5CC[C@]43C)C12. The zero-order valence-corrected chi connectivity index (χ0v) is 35.1. The molecule has 5 fully saturated rings. The Morgan fingerprint density at radius 3 is 1.81 bits per heavy atom. The Bertz CT molecular complexity index is 1740. The summed E-state index contributed by atoms with van der Waals surface area (Å²) < 4.78 is 6.86. The number of allylic oxidation sites excluding steroid dienone is 1. The fraction of sp³-hybridized carbons (Fsp3) is 0.580. The van der Waals surface area contributed by atoms with Crippen molar-refractivity contribution in [1.29, 1.82) is 0 Å². The summed E-state index contributed by atoms with van der Waals surface area (Å²) in [4.78, 5) is 14.7. The first kappa shape index (κ1) is 38.1. The zero-order chi connectivity index (χ0) is 38.1. The molecule has 0 radical (unpaired) electrons. The molecule has 0 spiro atoms. The van der Waals surface area contributed by atoms with Gasteiger partial charge in [-0.05, 0) is 31.1 Å². The van der Waals surface area contributed by atoms with Crippen LogP contribution in [0, 0.1) is 56.7 Å². The van der Waals surface area contributed by atoms with Crippen LogP contribution in [0.1, 0.15) is 106 Å². The third-order valence-electron chi connectivity index (χ3n) is 18.0. The number of benzene rings is 3. The van der Waals surface area contributed by atoms with E-state index < -0.39 is 7.26 Å². The summed E-state index contributed by atoms with van der Waals surface area (Å²) in [6, 6.07) is 32.3. The van der Waals surface area contributed by atoms with Crippen LogP contribution in [-0.2, 0) is 9.53 Å². The second kappa shape index (κ2) is 13.7. The van der Waals surface area contributed by atoms with Crippen molar-refractivity contribution < 1.29 is 14.6 Å². The van der Waals surface area contributed by atoms with Crippen molar-refractivity contribution in [2.45, 2.75) is 112 Å². The molecule has 0 amide bonds. The first-order valence-corrected chi connectivity index (χ1v) is 23.6. The Labute approximate surface area is 327 Å². The molecule has 5 aliphatic rings. The van der Waals surface area contributed by atoms with E-state index in [4.69, 9.17) is 4.74 Å². The van der Waals surface area contributed by atoms with E-state index in [1.807, 2.05) is 0 Å². The summed E-state index contributed by atoms with van der Waals surface area (Å²) in [7, 11) is -2.75. The third-order valence-corrected chi connectivity index (χ3v) is 22.8. The minimum absolute atomic E-state index is 0.0493. The van der Waals surface area contributed by atoms with Crippen LogP contribution in [0.4, 0.5) is 0 Å². The van der Waals surface area contributed by atoms with Gasteiger partial charge in [0, 0.05) is 6.61 Å². The molecule has 3 nitrogen and oxygen atoms in total. The molecule has 10 atom stereocenters. The van der Waals surface area contributed by atoms with E-state index >= 15 is 0 Å². The van der Waals surface area contributed by atoms with Crippen molar-refractivity contribution in [2.75, 3.05) is 12.8 Å². The second-order valence-electron chi connectivity index (χ2n) is 20.2. The predicted octanol–water partition coefficient (Wildman–Crippen LogP) is 10.3. The van der Waals surface area contributed by atoms with E-state index in [0.29, 0.717) is 42.4 Å². The molecule has 0 aromatic heterocycles. The van der Waals surface area contributed by atoms with Crippen molar-refractivity contribution in [1.82, 2.24) is 0 Å². The summed E-state index contributed by atoms with van der Waals surface area (Å²) in [5.41, 5.74) is 2.04. The molecule has 8 rings (SSSR count). The normalized spacial score (nSPS) is 38.6. The average Bonchev–Trinajstić information content (AvgIpc) is 3.57. The molecule has 3 aromatic carbocycles. The van der Waals surface area contributed by atoms with Crippen LogP contribution in [0.2, 0.25) is 0 Å². The van der Waals surface area contributed by atoms with Gasteiger partial charge in [-0.15, -0.1) is 0 Å². The third kappa shape index (κ3) is 5.51. The van der Waals surface area contributed by atoms with Gasteiger partial charge in [-0.2, -0.15) is 0 Å². The maximum absolute atomic E-state index is 14.7. The summed E-state index contributed by atoms with van der Waals surface area (Å²) in [6.45, 7) is 20.0. The fourth-order valence-electron chi connectivity index (χ4n) is 15.1. The molecule has 0 saturated heterocycles. The van der Waals surface area contributed by atoms with E-state index in [2.05, 4.69) is 139 Å². The van der Waals surface area contributed by atoms with Gasteiger partial charge in [0.25, 0.3) is 0 Å². The summed E-state index contributed by atoms with van der Waals surface area (Å²) in [6.07, 6.45) is 12.1. The first-order chi connectivity index (χ1) is 25.8. The van der Waals surface area contributed by atoms with Crippen LogP contribution >= 0.6 is 7.26 Å². The Kier molecular flexibility index (Phi) is 9.70. The number of fused-ring (bicyclic) bond motifs is 7. The summed E-state index contributed by atoms with van der Waals surface area (Å²) >= 11 is 0. The number of carbonyl (C=O) groups excluding carboxylic acids is 1. The summed E-state index contributed by atoms with van der Waals surface area (Å²) in [5.74, 6) is 2.87. The van der Waals surface area contributed by atoms with Gasteiger partial charge >= 0.3 is 273 Å². The monoisotopic (exact) mass is 746 g/mol. The number of rotatable bonds is 8. The van der Waals surface area contributed by atoms with E-state index in [9.17, 15) is 9.90 Å². The zero-order valence-electron chi connectivity index (χ0n) is 34.1. The number of hydrogen-bond donors (Lipinski definition) is 1. The molecular weight excluding hydrogens is 680 g/mol. The van der Waals surface area contributed by atoms with E-state index in [1.165, 1.54) is 60.0 Å². The molecule has 0 aliphatic heterocycles. The molecule has 0 heterocycles. The number of aliphatic hydroxyl groups is 1. The molecule has 54 heavy (non-hydrogen) atoms. The molecule has 0 bridgehead atoms. The molecule has 5 saturated carbocycles. The van der Waals surface area contributed by atoms with E-state index in [1.54, 1.807) is 0 Å². The van der Waals surface area contributed by atoms with Crippen molar-refractivity contribution in [3.05, 3.63) is 103 Å². The van der Waals surface area contributed by atoms with E-state index in [-0.39, 0.29) is 39.1 Å². The van der Waals surface area contributed by atoms with Gasteiger partial charge in [-0.25, -0.2) is 0 Å². The van der Waals surface area contributed by atoms with Crippen molar-refractivity contribution in [3.8, 4) is 0 Å². The van der Waals surface area contributed by atoms with Crippen LogP contribution in [0.25, 0.3) is 0 Å². The van der Waals surface area contributed by atoms with Gasteiger partial charge < -0.3 is 5.11 Å². The topological polar surface area (TPSA) is 46.5 Å². The Morgan fingerprint density at radius 1 is 0.704 bits per heavy atom. The van der Waals surface area contributed by atoms with Crippen LogP contribution < -0.4 is 15.9 Å². The molecule has 4 unspecified atom stereocenters. The molecule has 4 heteroatoms. The van der Waals surface area contributed by atoms with Crippen LogP contribution in [0.5, 0.6) is 0 Å². The van der Waals surface area contributed by atoms with Gasteiger partial charge in [0.05, 0.1) is 0 Å². The van der Waals surface area contributed by atoms with Gasteiger partial charge in [-0.1, -0.05) is 12.2 Å². The van der Waals surface area contributed by atoms with Gasteiger partial charge in [0.15, 0.2) is 0 Å². The number of ether oxygens (including phenoxy) is 1. The van der Waals surface area contributed by atoms with Gasteiger partial charge in [0.1, 0.15) is 0 Å². The average molecular weight is 747 g/mol. The predicted molar refractivity (Wildman–Crippen MR) is 227 cm³/mol. The minimum atomic E-state index is -2.75. The van der Waals surface area contributed by atoms with Gasteiger partial charge in [0.2, 0.25) is 0 Å². The standard InChI is InChI=1S/C50H67O3P/c1-35(2)39-25-30-50(34-51)32-31-48(6)40(45(39)50)23-24-42-47(5)28-27-43(46(3,4)41(47)26-29-49(42,48)7)53-44(52)33-54(36-17-11-8-12-18-36,37-19-13-9-14-20-37)38-21-15-10-16-22-38/h8-22,39-43,45,51,54H,1,23-34H2,2-7H3/t39-,40?,41?,42?,43-,45?,47-,48+,49+,50+/m0/s1. The molecular formula is C50H67O3P. The fourth-order valence-corrected chi connectivity index (χ4v) is 19.5. The van der Waals surface area contributed by atoms with Crippen LogP contribution in [-0.4, -0.2) is 29.9 Å². The molecule has 1 N–H and O–H groups in total. The second-order valence-corrected chi connectivity index (χ2v) is 24.1. The molecule has 5 aliphatic carbocycles. The first-order valence-electron chi connectivity index (χ1n) is 21.4. The van der Waals surface area contributed by atoms with E-state index in [0.717, 1.165) is 25.7 Å². The van der Waals surface area contributed by atoms with Gasteiger partial charge in [-0.3, -0.25) is 0 Å². The van der Waals surface area contributed by atoms with Crippen molar-refractivity contribution in [3.63, 3.8) is 0 Å². The van der Waals surface area contributed by atoms with Crippen LogP contribution in [0.3, 0.4) is 0 Å². The van der Waals surface area contributed by atoms with Crippen molar-refractivity contribution in [2.24, 2.45) is 56.7 Å². The Hall–Kier alpha value is -2.74. The Morgan fingerprint density at radius 2 is 1.28 bits per heavy atom. The number of aliphatic hydroxyl groups excluding tert-OH is 1. The summed E-state index contributed by atoms with van der Waals surface area (Å²) in [5, 5.41) is 14.7. The number of carbonyl (C=O) groups is 1. The number of hydrogen-bond acceptors (Lipinski definition) is 3. The quantitative estimate of drug-likeness (QED) is 0.142. The maximum atomic E-state index is 14.7. The van der Waals surface area contributed by atoms with Crippen LogP contribution in [0.15, 0.2) is 103 Å². The van der Waals surface area contributed by atoms with Crippen molar-refractivity contribution >= 4 is 29.1 Å². The molecule has 3 aromatic rings.